The van der Waals surface area contributed by atoms with E-state index in [1.165, 1.54) is 13.4 Å². The number of rotatable bonds is 5. The third-order valence-corrected chi connectivity index (χ3v) is 3.67. The molecule has 0 N–H and O–H groups in total. The minimum absolute atomic E-state index is 0.124. The minimum Gasteiger partial charge on any atom is -0.497 e. The highest BCUT2D eigenvalue weighted by atomic mass is 32.2. The molecule has 0 aliphatic carbocycles. The zero-order chi connectivity index (χ0) is 16.2. The van der Waals surface area contributed by atoms with Crippen LogP contribution in [0.5, 0.6) is 11.5 Å². The van der Waals surface area contributed by atoms with Gasteiger partial charge in [-0.15, -0.1) is 10.2 Å². The van der Waals surface area contributed by atoms with E-state index in [0.717, 1.165) is 11.8 Å². The van der Waals surface area contributed by atoms with Crippen molar-refractivity contribution < 1.29 is 23.1 Å². The Balaban J connectivity index is 1.83. The second-order valence-corrected chi connectivity index (χ2v) is 5.23. The molecule has 0 radical (unpaired) electrons. The van der Waals surface area contributed by atoms with Gasteiger partial charge in [0.1, 0.15) is 11.5 Å². The maximum Gasteiger partial charge on any atom is 0.284 e. The van der Waals surface area contributed by atoms with Crippen LogP contribution in [0.1, 0.15) is 10.6 Å². The predicted octanol–water partition coefficient (Wildman–Crippen LogP) is 3.28. The van der Waals surface area contributed by atoms with Gasteiger partial charge >= 0.3 is 0 Å². The average molecular weight is 332 g/mol. The Labute approximate surface area is 135 Å². The van der Waals surface area contributed by atoms with Crippen LogP contribution in [0.2, 0.25) is 0 Å². The summed E-state index contributed by atoms with van der Waals surface area (Å²) in [6.45, 7) is 0. The number of hydrogen-bond donors (Lipinski definition) is 0. The third kappa shape index (κ3) is 3.21. The molecule has 0 bridgehead atoms. The van der Waals surface area contributed by atoms with Gasteiger partial charge in [-0.2, -0.15) is 0 Å². The van der Waals surface area contributed by atoms with Gasteiger partial charge in [-0.3, -0.25) is 4.79 Å². The summed E-state index contributed by atoms with van der Waals surface area (Å²) >= 11 is 0.799. The molecule has 0 spiro atoms. The summed E-state index contributed by atoms with van der Waals surface area (Å²) in [5, 5.41) is 7.61. The van der Waals surface area contributed by atoms with Crippen LogP contribution in [0, 0.1) is 0 Å². The lowest BCUT2D eigenvalue weighted by atomic mass is 10.2. The second-order valence-electron chi connectivity index (χ2n) is 4.31. The first kappa shape index (κ1) is 15.2. The van der Waals surface area contributed by atoms with E-state index in [0.29, 0.717) is 17.1 Å². The summed E-state index contributed by atoms with van der Waals surface area (Å²) in [6.07, 6.45) is 1.43. The Hall–Kier alpha value is -2.74. The first-order valence-corrected chi connectivity index (χ1v) is 7.34. The highest BCUT2D eigenvalue weighted by Gasteiger charge is 2.18. The van der Waals surface area contributed by atoms with Crippen molar-refractivity contribution in [3.8, 4) is 23.0 Å². The number of carbonyl (C=O) groups is 1. The van der Waals surface area contributed by atoms with Gasteiger partial charge in [-0.25, -0.2) is 0 Å². The minimum atomic E-state index is -0.313. The van der Waals surface area contributed by atoms with E-state index in [4.69, 9.17) is 18.3 Å². The van der Waals surface area contributed by atoms with Crippen LogP contribution in [0.4, 0.5) is 0 Å². The van der Waals surface area contributed by atoms with Gasteiger partial charge in [0, 0.05) is 17.8 Å². The molecule has 0 fully saturated rings. The Kier molecular flexibility index (Phi) is 4.33. The number of ether oxygens (including phenoxy) is 2. The molecule has 0 saturated carbocycles. The fourth-order valence-corrected chi connectivity index (χ4v) is 2.44. The van der Waals surface area contributed by atoms with Crippen molar-refractivity contribution in [1.29, 1.82) is 0 Å². The largest absolute Gasteiger partial charge is 0.497 e. The summed E-state index contributed by atoms with van der Waals surface area (Å²) in [7, 11) is 3.10. The molecule has 2 heterocycles. The van der Waals surface area contributed by atoms with Crippen LogP contribution in [-0.4, -0.2) is 29.5 Å². The molecule has 23 heavy (non-hydrogen) atoms. The monoisotopic (exact) mass is 332 g/mol. The Morgan fingerprint density at radius 1 is 1.17 bits per heavy atom. The van der Waals surface area contributed by atoms with E-state index < -0.39 is 0 Å². The van der Waals surface area contributed by atoms with Crippen molar-refractivity contribution in [1.82, 2.24) is 10.2 Å². The number of furan rings is 1. The fourth-order valence-electron chi connectivity index (χ4n) is 1.86. The van der Waals surface area contributed by atoms with Gasteiger partial charge in [0.05, 0.1) is 26.0 Å². The Morgan fingerprint density at radius 2 is 2.04 bits per heavy atom. The number of benzene rings is 1. The zero-order valence-corrected chi connectivity index (χ0v) is 13.1. The second kappa shape index (κ2) is 6.57. The van der Waals surface area contributed by atoms with Crippen LogP contribution < -0.4 is 9.47 Å². The number of carbonyl (C=O) groups excluding carboxylic acids is 1. The molecule has 0 aliphatic rings. The molecule has 7 nitrogen and oxygen atoms in total. The third-order valence-electron chi connectivity index (χ3n) is 2.95. The van der Waals surface area contributed by atoms with Gasteiger partial charge in [0.15, 0.2) is 5.76 Å². The van der Waals surface area contributed by atoms with Crippen LogP contribution in [-0.2, 0) is 0 Å². The number of methoxy groups -OCH3 is 2. The molecule has 118 valence electrons. The lowest BCUT2D eigenvalue weighted by Crippen LogP contribution is -1.90. The summed E-state index contributed by atoms with van der Waals surface area (Å²) < 4.78 is 21.0. The smallest absolute Gasteiger partial charge is 0.284 e. The number of thioether (sulfide) groups is 1. The van der Waals surface area contributed by atoms with Crippen molar-refractivity contribution in [2.45, 2.75) is 5.22 Å². The Bertz CT molecular complexity index is 813. The average Bonchev–Trinajstić information content (AvgIpc) is 3.26. The van der Waals surface area contributed by atoms with Crippen molar-refractivity contribution in [3.63, 3.8) is 0 Å². The molecule has 3 rings (SSSR count). The van der Waals surface area contributed by atoms with Gasteiger partial charge < -0.3 is 18.3 Å². The molecule has 2 aromatic heterocycles. The summed E-state index contributed by atoms with van der Waals surface area (Å²) in [4.78, 5) is 11.9. The van der Waals surface area contributed by atoms with E-state index in [2.05, 4.69) is 10.2 Å². The predicted molar refractivity (Wildman–Crippen MR) is 81.7 cm³/mol. The van der Waals surface area contributed by atoms with E-state index >= 15 is 0 Å². The fraction of sp³-hybridized carbons (Fsp3) is 0.133. The van der Waals surface area contributed by atoms with Gasteiger partial charge in [-0.05, 0) is 24.3 Å². The number of nitrogens with zero attached hydrogens (tertiary/aromatic N) is 2. The first-order chi connectivity index (χ1) is 11.2. The lowest BCUT2D eigenvalue weighted by Gasteiger charge is -2.07. The standard InChI is InChI=1S/C15H12N2O5S/c1-19-9-5-6-10(12(8-9)20-2)13-16-17-15(22-13)23-14(18)11-4-3-7-21-11/h3-8H,1-2H3. The van der Waals surface area contributed by atoms with Crippen molar-refractivity contribution in [2.24, 2.45) is 0 Å². The molecule has 8 heteroatoms. The quantitative estimate of drug-likeness (QED) is 0.658. The molecular weight excluding hydrogens is 320 g/mol. The maximum atomic E-state index is 11.9. The van der Waals surface area contributed by atoms with Crippen molar-refractivity contribution in [3.05, 3.63) is 42.4 Å². The normalized spacial score (nSPS) is 10.5. The van der Waals surface area contributed by atoms with Crippen molar-refractivity contribution >= 4 is 16.9 Å². The molecule has 0 amide bonds. The molecule has 0 aliphatic heterocycles. The van der Waals surface area contributed by atoms with E-state index in [9.17, 15) is 4.79 Å². The molecule has 3 aromatic rings. The van der Waals surface area contributed by atoms with E-state index in [1.54, 1.807) is 37.4 Å². The molecule has 1 aromatic carbocycles. The lowest BCUT2D eigenvalue weighted by molar-refractivity contribution is 0.106. The van der Waals surface area contributed by atoms with Crippen LogP contribution in [0.15, 0.2) is 50.7 Å². The molecule has 0 unspecified atom stereocenters. The highest BCUT2D eigenvalue weighted by molar-refractivity contribution is 8.13. The molecular formula is C15H12N2O5S. The van der Waals surface area contributed by atoms with Gasteiger partial charge in [0.25, 0.3) is 16.2 Å². The summed E-state index contributed by atoms with van der Waals surface area (Å²) in [6, 6.07) is 8.41. The topological polar surface area (TPSA) is 87.6 Å². The van der Waals surface area contributed by atoms with E-state index in [1.807, 2.05) is 0 Å². The number of aromatic nitrogens is 2. The molecule has 0 atom stereocenters. The van der Waals surface area contributed by atoms with Gasteiger partial charge in [-0.1, -0.05) is 0 Å². The van der Waals surface area contributed by atoms with Crippen LogP contribution in [0.25, 0.3) is 11.5 Å². The zero-order valence-electron chi connectivity index (χ0n) is 12.3. The van der Waals surface area contributed by atoms with Gasteiger partial charge in [0.2, 0.25) is 0 Å². The van der Waals surface area contributed by atoms with Crippen molar-refractivity contribution in [2.75, 3.05) is 14.2 Å². The summed E-state index contributed by atoms with van der Waals surface area (Å²) in [5.41, 5.74) is 0.609. The van der Waals surface area contributed by atoms with Crippen LogP contribution >= 0.6 is 11.8 Å². The molecule has 0 saturated heterocycles. The van der Waals surface area contributed by atoms with E-state index in [-0.39, 0.29) is 22.0 Å². The SMILES string of the molecule is COc1ccc(-c2nnc(SC(=O)c3ccco3)o2)c(OC)c1. The first-order valence-electron chi connectivity index (χ1n) is 6.53. The Morgan fingerprint density at radius 3 is 2.74 bits per heavy atom. The maximum absolute atomic E-state index is 11.9. The summed E-state index contributed by atoms with van der Waals surface area (Å²) in [5.74, 6) is 1.64. The van der Waals surface area contributed by atoms with Crippen LogP contribution in [0.3, 0.4) is 0 Å². The number of hydrogen-bond acceptors (Lipinski definition) is 8. The highest BCUT2D eigenvalue weighted by Crippen LogP contribution is 2.34.